The van der Waals surface area contributed by atoms with Gasteiger partial charge in [-0.25, -0.2) is 9.78 Å². The molecule has 0 aliphatic heterocycles. The highest BCUT2D eigenvalue weighted by Crippen LogP contribution is 2.41. The second kappa shape index (κ2) is 9.17. The fourth-order valence-electron chi connectivity index (χ4n) is 4.58. The van der Waals surface area contributed by atoms with Gasteiger partial charge in [-0.2, -0.15) is 0 Å². The van der Waals surface area contributed by atoms with Gasteiger partial charge in [0, 0.05) is 28.3 Å². The lowest BCUT2D eigenvalue weighted by atomic mass is 9.72. The molecule has 7 heteroatoms. The number of nitrogens with one attached hydrogen (secondary N) is 2. The van der Waals surface area contributed by atoms with Gasteiger partial charge in [0.15, 0.2) is 11.6 Å². The molecule has 1 aromatic heterocycles. The van der Waals surface area contributed by atoms with Crippen molar-refractivity contribution in [1.29, 1.82) is 0 Å². The Kier molecular flexibility index (Phi) is 6.28. The molecule has 4 rings (SSSR count). The predicted molar refractivity (Wildman–Crippen MR) is 133 cm³/mol. The van der Waals surface area contributed by atoms with Crippen LogP contribution >= 0.6 is 0 Å². The Hall–Kier alpha value is -3.87. The number of hydrazine groups is 1. The summed E-state index contributed by atoms with van der Waals surface area (Å²) >= 11 is 0. The molecule has 0 fully saturated rings. The number of pyridine rings is 1. The summed E-state index contributed by atoms with van der Waals surface area (Å²) in [5, 5.41) is 14.1. The first-order valence-corrected chi connectivity index (χ1v) is 11.4. The number of nitrogens with zero attached hydrogens (tertiary/aromatic N) is 1. The number of benzene rings is 2. The highest BCUT2D eigenvalue weighted by molar-refractivity contribution is 6.10. The molecule has 7 nitrogen and oxygen atoms in total. The van der Waals surface area contributed by atoms with Gasteiger partial charge in [-0.15, -0.1) is 0 Å². The number of aromatic nitrogens is 1. The Bertz CT molecular complexity index is 1350. The van der Waals surface area contributed by atoms with Crippen LogP contribution in [0, 0.1) is 5.41 Å². The average molecular weight is 460 g/mol. The van der Waals surface area contributed by atoms with Gasteiger partial charge in [0.1, 0.15) is 5.76 Å². The number of para-hydroxylation sites is 1. The summed E-state index contributed by atoms with van der Waals surface area (Å²) in [4.78, 5) is 30.3. The van der Waals surface area contributed by atoms with Gasteiger partial charge in [0.05, 0.1) is 23.8 Å². The number of hydrogen-bond donors (Lipinski definition) is 3. The van der Waals surface area contributed by atoms with Crippen LogP contribution in [0.15, 0.2) is 71.1 Å². The van der Waals surface area contributed by atoms with Crippen molar-refractivity contribution in [3.63, 3.8) is 0 Å². The van der Waals surface area contributed by atoms with E-state index in [0.717, 1.165) is 28.1 Å². The van der Waals surface area contributed by atoms with E-state index in [9.17, 15) is 14.7 Å². The van der Waals surface area contributed by atoms with Crippen molar-refractivity contribution < 1.29 is 19.4 Å². The van der Waals surface area contributed by atoms with Crippen LogP contribution in [0.3, 0.4) is 0 Å². The van der Waals surface area contributed by atoms with Crippen molar-refractivity contribution in [2.45, 2.75) is 40.0 Å². The highest BCUT2D eigenvalue weighted by Gasteiger charge is 2.42. The molecule has 1 aliphatic rings. The fraction of sp³-hybridized carbons (Fsp3) is 0.296. The second-order valence-corrected chi connectivity index (χ2v) is 9.08. The maximum atomic E-state index is 13.1. The molecule has 0 unspecified atom stereocenters. The molecule has 0 spiro atoms. The van der Waals surface area contributed by atoms with Crippen molar-refractivity contribution in [2.24, 2.45) is 5.41 Å². The lowest BCUT2D eigenvalue weighted by molar-refractivity contribution is -0.137. The molecule has 1 heterocycles. The number of hydrogen-bond acceptors (Lipinski definition) is 7. The number of Topliss-reactive ketones (excluding diaryl/α,β-unsaturated/α-hetero) is 1. The molecule has 3 N–H and O–H groups in total. The summed E-state index contributed by atoms with van der Waals surface area (Å²) in [5.74, 6) is -0.603. The third-order valence-electron chi connectivity index (χ3n) is 6.16. The minimum atomic E-state index is -0.835. The van der Waals surface area contributed by atoms with Crippen molar-refractivity contribution in [3.8, 4) is 0 Å². The van der Waals surface area contributed by atoms with Crippen LogP contribution in [0.25, 0.3) is 21.7 Å². The minimum absolute atomic E-state index is 0.0862. The van der Waals surface area contributed by atoms with Crippen molar-refractivity contribution in [2.75, 3.05) is 12.5 Å². The van der Waals surface area contributed by atoms with E-state index in [1.807, 2.05) is 55.5 Å². The van der Waals surface area contributed by atoms with Gasteiger partial charge in [0.2, 0.25) is 0 Å². The van der Waals surface area contributed by atoms with E-state index < -0.39 is 11.4 Å². The zero-order chi connectivity index (χ0) is 24.5. The average Bonchev–Trinajstić information content (AvgIpc) is 2.81. The lowest BCUT2D eigenvalue weighted by Crippen LogP contribution is -2.35. The van der Waals surface area contributed by atoms with Crippen LogP contribution in [-0.4, -0.2) is 29.0 Å². The quantitative estimate of drug-likeness (QED) is 0.198. The summed E-state index contributed by atoms with van der Waals surface area (Å²) in [6, 6.07) is 15.8. The summed E-state index contributed by atoms with van der Waals surface area (Å²) in [6.45, 7) is 5.48. The van der Waals surface area contributed by atoms with Crippen molar-refractivity contribution >= 4 is 39.2 Å². The predicted octanol–water partition coefficient (Wildman–Crippen LogP) is 5.34. The monoisotopic (exact) mass is 459 g/mol. The summed E-state index contributed by atoms with van der Waals surface area (Å²) < 4.78 is 4.90. The van der Waals surface area contributed by atoms with E-state index >= 15 is 0 Å². The Balaban J connectivity index is 1.81. The van der Waals surface area contributed by atoms with Gasteiger partial charge in [-0.1, -0.05) is 69.7 Å². The van der Waals surface area contributed by atoms with Gasteiger partial charge in [0.25, 0.3) is 0 Å². The zero-order valence-corrected chi connectivity index (χ0v) is 19.9. The second-order valence-electron chi connectivity index (χ2n) is 9.08. The summed E-state index contributed by atoms with van der Waals surface area (Å²) in [7, 11) is 1.27. The van der Waals surface area contributed by atoms with E-state index in [2.05, 4.69) is 10.9 Å². The number of anilines is 1. The van der Waals surface area contributed by atoms with Crippen LogP contribution < -0.4 is 10.9 Å². The van der Waals surface area contributed by atoms with E-state index in [-0.39, 0.29) is 29.1 Å². The third kappa shape index (κ3) is 4.09. The standard InChI is InChI=1S/C27H29N3O4/c1-5-10-20(22-21(31)15-27(2,3)23(24(22)32)26(33)34-4)29-30-25-18-13-7-6-11-16(18)17-12-8-9-14-19(17)28-25/h6-9,11-14,29,32H,5,10,15H2,1-4H3,(H,28,30)/b22-20+. The van der Waals surface area contributed by atoms with Gasteiger partial charge in [-0.3, -0.25) is 10.2 Å². The molecule has 3 aromatic rings. The topological polar surface area (TPSA) is 101 Å². The Labute approximate surface area is 198 Å². The number of carbonyl (C=O) groups excluding carboxylic acids is 2. The largest absolute Gasteiger partial charge is 0.507 e. The number of methoxy groups -OCH3 is 1. The van der Waals surface area contributed by atoms with Crippen molar-refractivity contribution in [3.05, 3.63) is 71.1 Å². The van der Waals surface area contributed by atoms with Crippen LogP contribution in [-0.2, 0) is 14.3 Å². The first kappa shape index (κ1) is 23.3. The van der Waals surface area contributed by atoms with Gasteiger partial charge >= 0.3 is 5.97 Å². The molecule has 1 aliphatic carbocycles. The van der Waals surface area contributed by atoms with E-state index in [1.165, 1.54) is 7.11 Å². The maximum absolute atomic E-state index is 13.1. The number of esters is 1. The number of ketones is 1. The molecule has 0 radical (unpaired) electrons. The number of aliphatic hydroxyl groups excluding tert-OH is 1. The molecular weight excluding hydrogens is 430 g/mol. The van der Waals surface area contributed by atoms with Crippen LogP contribution in [0.5, 0.6) is 0 Å². The molecule has 0 atom stereocenters. The van der Waals surface area contributed by atoms with Crippen molar-refractivity contribution in [1.82, 2.24) is 10.4 Å². The molecule has 176 valence electrons. The maximum Gasteiger partial charge on any atom is 0.338 e. The first-order chi connectivity index (χ1) is 16.3. The summed E-state index contributed by atoms with van der Waals surface area (Å²) in [6.07, 6.45) is 1.29. The molecular formula is C27H29N3O4. The SMILES string of the molecule is CCC/C(NNc1nc2ccccc2c2ccccc12)=C1/C(=O)CC(C)(C)C(C(=O)OC)=C1O. The number of fused-ring (bicyclic) bond motifs is 3. The van der Waals surface area contributed by atoms with E-state index in [0.29, 0.717) is 17.9 Å². The van der Waals surface area contributed by atoms with Crippen LogP contribution in [0.1, 0.15) is 40.0 Å². The molecule has 2 aromatic carbocycles. The lowest BCUT2D eigenvalue weighted by Gasteiger charge is -2.32. The highest BCUT2D eigenvalue weighted by atomic mass is 16.5. The number of allylic oxidation sites excluding steroid dienone is 2. The van der Waals surface area contributed by atoms with E-state index in [1.54, 1.807) is 13.8 Å². The summed E-state index contributed by atoms with van der Waals surface area (Å²) in [5.41, 5.74) is 7.01. The van der Waals surface area contributed by atoms with Crippen LogP contribution in [0.4, 0.5) is 5.82 Å². The third-order valence-corrected chi connectivity index (χ3v) is 6.16. The molecule has 0 saturated heterocycles. The van der Waals surface area contributed by atoms with Gasteiger partial charge in [-0.05, 0) is 17.9 Å². The molecule has 0 saturated carbocycles. The Morgan fingerprint density at radius 2 is 1.74 bits per heavy atom. The minimum Gasteiger partial charge on any atom is -0.507 e. The normalized spacial score (nSPS) is 17.1. The van der Waals surface area contributed by atoms with Crippen LogP contribution in [0.2, 0.25) is 0 Å². The molecule has 34 heavy (non-hydrogen) atoms. The Morgan fingerprint density at radius 3 is 2.41 bits per heavy atom. The fourth-order valence-corrected chi connectivity index (χ4v) is 4.58. The van der Waals surface area contributed by atoms with E-state index in [4.69, 9.17) is 9.72 Å². The number of rotatable bonds is 6. The number of ether oxygens (including phenoxy) is 1. The Morgan fingerprint density at radius 1 is 1.09 bits per heavy atom. The number of carbonyl (C=O) groups is 2. The number of aliphatic hydroxyl groups is 1. The first-order valence-electron chi connectivity index (χ1n) is 11.4. The molecule has 0 amide bonds. The van der Waals surface area contributed by atoms with Gasteiger partial charge < -0.3 is 15.3 Å². The zero-order valence-electron chi connectivity index (χ0n) is 19.9. The smallest absolute Gasteiger partial charge is 0.338 e. The molecule has 0 bridgehead atoms.